The van der Waals surface area contributed by atoms with Crippen molar-refractivity contribution in [3.05, 3.63) is 42.4 Å². The monoisotopic (exact) mass is 308 g/mol. The van der Waals surface area contributed by atoms with Gasteiger partial charge in [-0.15, -0.1) is 0 Å². The lowest BCUT2D eigenvalue weighted by Crippen LogP contribution is -2.38. The molecule has 1 aliphatic heterocycles. The smallest absolute Gasteiger partial charge is 0.273 e. The highest BCUT2D eigenvalue weighted by molar-refractivity contribution is 5.93. The molecule has 3 heterocycles. The van der Waals surface area contributed by atoms with Crippen molar-refractivity contribution in [1.82, 2.24) is 19.7 Å². The molecule has 1 amide bonds. The summed E-state index contributed by atoms with van der Waals surface area (Å²) in [5.74, 6) is -3.18. The maximum Gasteiger partial charge on any atom is 0.273 e. The molecule has 1 fully saturated rings. The first-order chi connectivity index (χ1) is 10.5. The number of rotatable bonds is 3. The summed E-state index contributed by atoms with van der Waals surface area (Å²) in [4.78, 5) is 17.6. The van der Waals surface area contributed by atoms with E-state index in [0.29, 0.717) is 5.82 Å². The normalized spacial score (nSPS) is 20.3. The number of carbonyl (C=O) groups excluding carboxylic acids is 1. The molecule has 0 saturated carbocycles. The standard InChI is InChI=1S/C14H14F2N4O2/c15-14(16)7-10(8-21)19(9-14)13(22)11-3-1-4-12(18-11)20-6-2-5-17-20/h1-6,10,21H,7-9H2. The first-order valence-corrected chi connectivity index (χ1v) is 6.77. The first-order valence-electron chi connectivity index (χ1n) is 6.77. The molecular weight excluding hydrogens is 294 g/mol. The number of hydrogen-bond donors (Lipinski definition) is 1. The molecule has 0 bridgehead atoms. The zero-order valence-corrected chi connectivity index (χ0v) is 11.6. The number of amides is 1. The number of nitrogens with zero attached hydrogens (tertiary/aromatic N) is 4. The predicted octanol–water partition coefficient (Wildman–Crippen LogP) is 1.11. The van der Waals surface area contributed by atoms with Crippen LogP contribution in [-0.2, 0) is 0 Å². The largest absolute Gasteiger partial charge is 0.394 e. The van der Waals surface area contributed by atoms with Crippen LogP contribution in [0.15, 0.2) is 36.7 Å². The summed E-state index contributed by atoms with van der Waals surface area (Å²) in [5.41, 5.74) is 0.0455. The highest BCUT2D eigenvalue weighted by Crippen LogP contribution is 2.32. The zero-order chi connectivity index (χ0) is 15.7. The third kappa shape index (κ3) is 2.69. The Hall–Kier alpha value is -2.35. The molecule has 3 rings (SSSR count). The van der Waals surface area contributed by atoms with E-state index < -0.39 is 37.4 Å². The molecule has 0 aliphatic carbocycles. The fourth-order valence-electron chi connectivity index (χ4n) is 2.52. The molecule has 2 aromatic rings. The number of aromatic nitrogens is 3. The van der Waals surface area contributed by atoms with Crippen LogP contribution in [0, 0.1) is 0 Å². The summed E-state index contributed by atoms with van der Waals surface area (Å²) in [6, 6.07) is 5.54. The molecule has 0 radical (unpaired) electrons. The lowest BCUT2D eigenvalue weighted by molar-refractivity contribution is 0.0115. The van der Waals surface area contributed by atoms with E-state index in [0.717, 1.165) is 4.90 Å². The molecule has 1 N–H and O–H groups in total. The predicted molar refractivity (Wildman–Crippen MR) is 72.8 cm³/mol. The van der Waals surface area contributed by atoms with E-state index in [1.807, 2.05) is 0 Å². The molecular formula is C14H14F2N4O2. The molecule has 1 unspecified atom stereocenters. The Kier molecular flexibility index (Phi) is 3.61. The number of hydrogen-bond acceptors (Lipinski definition) is 4. The Bertz CT molecular complexity index is 675. The van der Waals surface area contributed by atoms with E-state index in [4.69, 9.17) is 0 Å². The van der Waals surface area contributed by atoms with Crippen molar-refractivity contribution in [2.24, 2.45) is 0 Å². The molecule has 8 heteroatoms. The van der Waals surface area contributed by atoms with Gasteiger partial charge in [0.15, 0.2) is 5.82 Å². The van der Waals surface area contributed by atoms with Gasteiger partial charge in [0.2, 0.25) is 0 Å². The lowest BCUT2D eigenvalue weighted by Gasteiger charge is -2.21. The van der Waals surface area contributed by atoms with Crippen molar-refractivity contribution in [3.63, 3.8) is 0 Å². The Balaban J connectivity index is 1.88. The minimum Gasteiger partial charge on any atom is -0.394 e. The lowest BCUT2D eigenvalue weighted by atomic mass is 10.2. The van der Waals surface area contributed by atoms with Gasteiger partial charge in [0.05, 0.1) is 19.2 Å². The Morgan fingerprint density at radius 2 is 2.23 bits per heavy atom. The number of aliphatic hydroxyl groups excluding tert-OH is 1. The van der Waals surface area contributed by atoms with Crippen LogP contribution in [0.5, 0.6) is 0 Å². The van der Waals surface area contributed by atoms with Gasteiger partial charge in [0.25, 0.3) is 11.8 Å². The highest BCUT2D eigenvalue weighted by Gasteiger charge is 2.47. The van der Waals surface area contributed by atoms with E-state index in [-0.39, 0.29) is 5.69 Å². The number of likely N-dealkylation sites (tertiary alicyclic amines) is 1. The van der Waals surface area contributed by atoms with E-state index in [2.05, 4.69) is 10.1 Å². The van der Waals surface area contributed by atoms with Gasteiger partial charge in [-0.3, -0.25) is 4.79 Å². The van der Waals surface area contributed by atoms with Crippen LogP contribution >= 0.6 is 0 Å². The van der Waals surface area contributed by atoms with Gasteiger partial charge in [-0.25, -0.2) is 18.4 Å². The van der Waals surface area contributed by atoms with Gasteiger partial charge in [0.1, 0.15) is 5.69 Å². The SMILES string of the molecule is O=C(c1cccc(-n2cccn2)n1)N1CC(F)(F)CC1CO. The number of halogens is 2. The van der Waals surface area contributed by atoms with Crippen molar-refractivity contribution >= 4 is 5.91 Å². The van der Waals surface area contributed by atoms with Crippen LogP contribution in [0.4, 0.5) is 8.78 Å². The molecule has 1 atom stereocenters. The number of pyridine rings is 1. The maximum atomic E-state index is 13.5. The summed E-state index contributed by atoms with van der Waals surface area (Å²) >= 11 is 0. The van der Waals surface area contributed by atoms with Crippen molar-refractivity contribution < 1.29 is 18.7 Å². The van der Waals surface area contributed by atoms with Gasteiger partial charge in [-0.05, 0) is 18.2 Å². The summed E-state index contributed by atoms with van der Waals surface area (Å²) in [7, 11) is 0. The van der Waals surface area contributed by atoms with Crippen LogP contribution in [-0.4, -0.2) is 55.8 Å². The van der Waals surface area contributed by atoms with Crippen molar-refractivity contribution in [2.45, 2.75) is 18.4 Å². The number of carbonyl (C=O) groups is 1. The quantitative estimate of drug-likeness (QED) is 0.922. The molecule has 116 valence electrons. The second-order valence-corrected chi connectivity index (χ2v) is 5.16. The summed E-state index contributed by atoms with van der Waals surface area (Å²) in [5, 5.41) is 13.2. The van der Waals surface area contributed by atoms with Gasteiger partial charge in [-0.1, -0.05) is 6.07 Å². The Labute approximate surface area is 125 Å². The summed E-state index contributed by atoms with van der Waals surface area (Å²) in [6.07, 6.45) is 2.70. The van der Waals surface area contributed by atoms with Gasteiger partial charge < -0.3 is 10.0 Å². The van der Waals surface area contributed by atoms with Gasteiger partial charge in [-0.2, -0.15) is 5.10 Å². The van der Waals surface area contributed by atoms with Crippen LogP contribution in [0.1, 0.15) is 16.9 Å². The highest BCUT2D eigenvalue weighted by atomic mass is 19.3. The van der Waals surface area contributed by atoms with Crippen molar-refractivity contribution in [3.8, 4) is 5.82 Å². The number of alkyl halides is 2. The molecule has 6 nitrogen and oxygen atoms in total. The molecule has 0 aromatic carbocycles. The fourth-order valence-corrected chi connectivity index (χ4v) is 2.52. The average molecular weight is 308 g/mol. The molecule has 1 aliphatic rings. The summed E-state index contributed by atoms with van der Waals surface area (Å²) < 4.78 is 28.4. The Morgan fingerprint density at radius 1 is 1.41 bits per heavy atom. The van der Waals surface area contributed by atoms with Crippen LogP contribution in [0.2, 0.25) is 0 Å². The summed E-state index contributed by atoms with van der Waals surface area (Å²) in [6.45, 7) is -1.20. The van der Waals surface area contributed by atoms with Crippen LogP contribution < -0.4 is 0 Å². The fraction of sp³-hybridized carbons (Fsp3) is 0.357. The van der Waals surface area contributed by atoms with Crippen LogP contribution in [0.3, 0.4) is 0 Å². The minimum absolute atomic E-state index is 0.0455. The topological polar surface area (TPSA) is 71.2 Å². The molecule has 2 aromatic heterocycles. The van der Waals surface area contributed by atoms with E-state index >= 15 is 0 Å². The van der Waals surface area contributed by atoms with Crippen molar-refractivity contribution in [2.75, 3.05) is 13.2 Å². The third-order valence-electron chi connectivity index (χ3n) is 3.54. The third-order valence-corrected chi connectivity index (χ3v) is 3.54. The second-order valence-electron chi connectivity index (χ2n) is 5.16. The van der Waals surface area contributed by atoms with Crippen LogP contribution in [0.25, 0.3) is 5.82 Å². The molecule has 1 saturated heterocycles. The van der Waals surface area contributed by atoms with Crippen molar-refractivity contribution in [1.29, 1.82) is 0 Å². The van der Waals surface area contributed by atoms with Gasteiger partial charge >= 0.3 is 0 Å². The Morgan fingerprint density at radius 3 is 2.91 bits per heavy atom. The average Bonchev–Trinajstić information content (AvgIpc) is 3.14. The first kappa shape index (κ1) is 14.6. The number of aliphatic hydroxyl groups is 1. The van der Waals surface area contributed by atoms with E-state index in [9.17, 15) is 18.7 Å². The van der Waals surface area contributed by atoms with E-state index in [1.54, 1.807) is 30.6 Å². The van der Waals surface area contributed by atoms with Gasteiger partial charge in [0, 0.05) is 18.8 Å². The minimum atomic E-state index is -2.98. The zero-order valence-electron chi connectivity index (χ0n) is 11.6. The van der Waals surface area contributed by atoms with E-state index in [1.165, 1.54) is 10.7 Å². The maximum absolute atomic E-state index is 13.5. The molecule has 0 spiro atoms. The molecule has 22 heavy (non-hydrogen) atoms. The second kappa shape index (κ2) is 5.45.